The Morgan fingerprint density at radius 3 is 2.03 bits per heavy atom. The zero-order valence-electron chi connectivity index (χ0n) is 18.1. The normalized spacial score (nSPS) is 12.1. The average molecular weight is 453 g/mol. The van der Waals surface area contributed by atoms with Gasteiger partial charge in [0.1, 0.15) is 16.7 Å². The van der Waals surface area contributed by atoms with Crippen LogP contribution in [0.5, 0.6) is 11.5 Å². The van der Waals surface area contributed by atoms with Crippen LogP contribution in [-0.2, 0) is 9.84 Å². The number of hydrogen-bond acceptors (Lipinski definition) is 6. The lowest BCUT2D eigenvalue weighted by Crippen LogP contribution is -2.33. The van der Waals surface area contributed by atoms with Gasteiger partial charge in [-0.2, -0.15) is 0 Å². The van der Waals surface area contributed by atoms with Crippen molar-refractivity contribution < 1.29 is 27.5 Å². The minimum Gasteiger partial charge on any atom is -0.497 e. The molecule has 0 aliphatic rings. The van der Waals surface area contributed by atoms with Crippen LogP contribution in [0.25, 0.3) is 0 Å². The van der Waals surface area contributed by atoms with Gasteiger partial charge < -0.3 is 9.47 Å². The molecule has 0 spiro atoms. The van der Waals surface area contributed by atoms with Crippen LogP contribution in [0.4, 0.5) is 0 Å². The van der Waals surface area contributed by atoms with Gasteiger partial charge in [0.15, 0.2) is 21.4 Å². The van der Waals surface area contributed by atoms with Crippen LogP contribution in [-0.4, -0.2) is 39.5 Å². The van der Waals surface area contributed by atoms with Crippen LogP contribution < -0.4 is 9.47 Å². The SMILES string of the molecule is COc1ccc(C(=O)[C@@H](CC(=O)c2cccc(OC)c2)S(=O)(=O)c2ccc(C)cc2)cc1. The van der Waals surface area contributed by atoms with Gasteiger partial charge in [-0.15, -0.1) is 0 Å². The van der Waals surface area contributed by atoms with E-state index in [4.69, 9.17) is 9.47 Å². The standard InChI is InChI=1S/C25H24O6S/c1-17-7-13-22(14-8-17)32(28,29)24(25(27)18-9-11-20(30-2)12-10-18)16-23(26)19-5-4-6-21(15-19)31-3/h4-15,24H,16H2,1-3H3/t24-/m1/s1. The number of aryl methyl sites for hydroxylation is 1. The van der Waals surface area contributed by atoms with E-state index in [1.165, 1.54) is 44.6 Å². The van der Waals surface area contributed by atoms with Crippen LogP contribution in [0.15, 0.2) is 77.7 Å². The van der Waals surface area contributed by atoms with Crippen molar-refractivity contribution in [3.8, 4) is 11.5 Å². The first-order valence-corrected chi connectivity index (χ1v) is 11.5. The highest BCUT2D eigenvalue weighted by molar-refractivity contribution is 7.92. The summed E-state index contributed by atoms with van der Waals surface area (Å²) in [4.78, 5) is 26.3. The van der Waals surface area contributed by atoms with Crippen molar-refractivity contribution in [2.24, 2.45) is 0 Å². The molecule has 0 heterocycles. The number of sulfone groups is 1. The van der Waals surface area contributed by atoms with Gasteiger partial charge in [0.25, 0.3) is 0 Å². The van der Waals surface area contributed by atoms with E-state index in [-0.39, 0.29) is 16.0 Å². The van der Waals surface area contributed by atoms with Gasteiger partial charge in [-0.1, -0.05) is 29.8 Å². The maximum absolute atomic E-state index is 13.4. The molecule has 0 aliphatic carbocycles. The number of rotatable bonds is 9. The molecule has 0 aromatic heterocycles. The van der Waals surface area contributed by atoms with Crippen LogP contribution in [0.2, 0.25) is 0 Å². The molecule has 3 aromatic carbocycles. The zero-order valence-corrected chi connectivity index (χ0v) is 18.9. The summed E-state index contributed by atoms with van der Waals surface area (Å²) in [5, 5.41) is -1.57. The minimum atomic E-state index is -4.13. The quantitative estimate of drug-likeness (QED) is 0.450. The number of hydrogen-bond donors (Lipinski definition) is 0. The predicted molar refractivity (Wildman–Crippen MR) is 121 cm³/mol. The van der Waals surface area contributed by atoms with Crippen molar-refractivity contribution in [3.63, 3.8) is 0 Å². The second-order valence-corrected chi connectivity index (χ2v) is 9.43. The molecule has 0 aliphatic heterocycles. The van der Waals surface area contributed by atoms with Crippen molar-refractivity contribution >= 4 is 21.4 Å². The summed E-state index contributed by atoms with van der Waals surface area (Å²) < 4.78 is 37.2. The molecule has 0 bridgehead atoms. The zero-order chi connectivity index (χ0) is 23.3. The van der Waals surface area contributed by atoms with Gasteiger partial charge in [-0.05, 0) is 55.5 Å². The van der Waals surface area contributed by atoms with E-state index in [2.05, 4.69) is 0 Å². The molecule has 166 valence electrons. The van der Waals surface area contributed by atoms with Crippen molar-refractivity contribution in [2.75, 3.05) is 14.2 Å². The van der Waals surface area contributed by atoms with Crippen molar-refractivity contribution in [3.05, 3.63) is 89.5 Å². The number of Topliss-reactive ketones (excluding diaryl/α,β-unsaturated/α-hetero) is 2. The van der Waals surface area contributed by atoms with Gasteiger partial charge in [-0.25, -0.2) is 8.42 Å². The van der Waals surface area contributed by atoms with Crippen LogP contribution in [0.1, 0.15) is 32.7 Å². The first-order valence-electron chi connectivity index (χ1n) is 9.92. The monoisotopic (exact) mass is 452 g/mol. The molecular weight excluding hydrogens is 428 g/mol. The van der Waals surface area contributed by atoms with Crippen LogP contribution in [0, 0.1) is 6.92 Å². The van der Waals surface area contributed by atoms with Crippen molar-refractivity contribution in [2.45, 2.75) is 23.5 Å². The number of methoxy groups -OCH3 is 2. The molecule has 7 heteroatoms. The molecule has 3 rings (SSSR count). The number of carbonyl (C=O) groups excluding carboxylic acids is 2. The molecule has 0 amide bonds. The Bertz CT molecular complexity index is 1210. The maximum Gasteiger partial charge on any atom is 0.189 e. The van der Waals surface area contributed by atoms with Crippen molar-refractivity contribution in [1.29, 1.82) is 0 Å². The molecule has 3 aromatic rings. The van der Waals surface area contributed by atoms with E-state index in [0.29, 0.717) is 11.5 Å². The first-order chi connectivity index (χ1) is 15.3. The molecule has 0 unspecified atom stereocenters. The fraction of sp³-hybridized carbons (Fsp3) is 0.200. The summed E-state index contributed by atoms with van der Waals surface area (Å²) in [5.41, 5.74) is 1.34. The lowest BCUT2D eigenvalue weighted by molar-refractivity contribution is 0.0920. The van der Waals surface area contributed by atoms with Gasteiger partial charge in [0.05, 0.1) is 19.1 Å². The van der Waals surface area contributed by atoms with Gasteiger partial charge in [0, 0.05) is 17.5 Å². The summed E-state index contributed by atoms with van der Waals surface area (Å²) in [6, 6.07) is 18.8. The maximum atomic E-state index is 13.4. The third kappa shape index (κ3) is 5.06. The Hall–Kier alpha value is -3.45. The van der Waals surface area contributed by atoms with E-state index in [0.717, 1.165) is 5.56 Å². The number of ether oxygens (including phenoxy) is 2. The summed E-state index contributed by atoms with van der Waals surface area (Å²) in [6.45, 7) is 1.84. The Kier molecular flexibility index (Phi) is 7.10. The lowest BCUT2D eigenvalue weighted by atomic mass is 10.0. The highest BCUT2D eigenvalue weighted by Gasteiger charge is 2.36. The number of benzene rings is 3. The molecule has 0 N–H and O–H groups in total. The molecule has 0 saturated heterocycles. The summed E-state index contributed by atoms with van der Waals surface area (Å²) in [5.74, 6) is -0.113. The number of ketones is 2. The molecule has 0 radical (unpaired) electrons. The van der Waals surface area contributed by atoms with E-state index in [1.54, 1.807) is 42.5 Å². The van der Waals surface area contributed by atoms with Crippen molar-refractivity contribution in [1.82, 2.24) is 0 Å². The molecule has 1 atom stereocenters. The molecule has 6 nitrogen and oxygen atoms in total. The lowest BCUT2D eigenvalue weighted by Gasteiger charge is -2.17. The second-order valence-electron chi connectivity index (χ2n) is 7.30. The Labute approximate surface area is 187 Å². The molecular formula is C25H24O6S. The van der Waals surface area contributed by atoms with Gasteiger partial charge in [-0.3, -0.25) is 9.59 Å². The number of carbonyl (C=O) groups is 2. The van der Waals surface area contributed by atoms with E-state index < -0.39 is 33.1 Å². The van der Waals surface area contributed by atoms with Gasteiger partial charge >= 0.3 is 0 Å². The highest BCUT2D eigenvalue weighted by Crippen LogP contribution is 2.25. The summed E-state index contributed by atoms with van der Waals surface area (Å²) >= 11 is 0. The Morgan fingerprint density at radius 1 is 0.812 bits per heavy atom. The fourth-order valence-electron chi connectivity index (χ4n) is 3.26. The molecule has 0 saturated carbocycles. The van der Waals surface area contributed by atoms with E-state index in [9.17, 15) is 18.0 Å². The topological polar surface area (TPSA) is 86.7 Å². The Morgan fingerprint density at radius 2 is 1.44 bits per heavy atom. The van der Waals surface area contributed by atoms with E-state index in [1.807, 2.05) is 6.92 Å². The predicted octanol–water partition coefficient (Wildman–Crippen LogP) is 4.31. The first kappa shape index (κ1) is 23.2. The fourth-order valence-corrected chi connectivity index (χ4v) is 4.89. The third-order valence-electron chi connectivity index (χ3n) is 5.15. The van der Waals surface area contributed by atoms with E-state index >= 15 is 0 Å². The molecule has 32 heavy (non-hydrogen) atoms. The third-order valence-corrected chi connectivity index (χ3v) is 7.21. The Balaban J connectivity index is 2.02. The average Bonchev–Trinajstić information content (AvgIpc) is 2.82. The smallest absolute Gasteiger partial charge is 0.189 e. The summed E-state index contributed by atoms with van der Waals surface area (Å²) in [7, 11) is -1.16. The second kappa shape index (κ2) is 9.78. The summed E-state index contributed by atoms with van der Waals surface area (Å²) in [6.07, 6.45) is -0.492. The minimum absolute atomic E-state index is 0.00611. The van der Waals surface area contributed by atoms with Crippen LogP contribution in [0.3, 0.4) is 0 Å². The van der Waals surface area contributed by atoms with Crippen LogP contribution >= 0.6 is 0 Å². The molecule has 0 fully saturated rings. The largest absolute Gasteiger partial charge is 0.497 e. The van der Waals surface area contributed by atoms with Gasteiger partial charge in [0.2, 0.25) is 0 Å². The highest BCUT2D eigenvalue weighted by atomic mass is 32.2.